The van der Waals surface area contributed by atoms with Crippen LogP contribution in [0.1, 0.15) is 0 Å². The number of benzene rings is 2. The molecule has 0 aliphatic rings. The summed E-state index contributed by atoms with van der Waals surface area (Å²) in [6.07, 6.45) is 0. The number of fused-ring (bicyclic) bond motifs is 3. The van der Waals surface area contributed by atoms with E-state index in [2.05, 4.69) is 53.5 Å². The summed E-state index contributed by atoms with van der Waals surface area (Å²) in [6, 6.07) is 16.8. The van der Waals surface area contributed by atoms with E-state index in [9.17, 15) is 0 Å². The van der Waals surface area contributed by atoms with Gasteiger partial charge in [-0.1, -0.05) is 36.4 Å². The highest BCUT2D eigenvalue weighted by molar-refractivity contribution is 6.92. The van der Waals surface area contributed by atoms with Crippen LogP contribution in [0.15, 0.2) is 48.5 Å². The van der Waals surface area contributed by atoms with E-state index in [1.807, 2.05) is 0 Å². The molecule has 0 saturated heterocycles. The summed E-state index contributed by atoms with van der Waals surface area (Å²) in [5, 5.41) is 2.61. The highest BCUT2D eigenvalue weighted by Crippen LogP contribution is 2.24. The van der Waals surface area contributed by atoms with Crippen molar-refractivity contribution < 1.29 is 5.48 Å². The predicted molar refractivity (Wildman–Crippen MR) is 70.5 cm³/mol. The summed E-state index contributed by atoms with van der Waals surface area (Å²) in [5.41, 5.74) is 2.42. The third-order valence-corrected chi connectivity index (χ3v) is 2.41. The fourth-order valence-electron chi connectivity index (χ4n) is 1.80. The topological polar surface area (TPSA) is 47.3 Å². The molecular formula is C12H14NOP. The smallest absolute Gasteiger partial charge is 0.0464 e. The van der Waals surface area contributed by atoms with Gasteiger partial charge in [-0.2, -0.15) is 9.90 Å². The van der Waals surface area contributed by atoms with E-state index in [1.165, 1.54) is 21.8 Å². The molecule has 0 aliphatic heterocycles. The first-order valence-electron chi connectivity index (χ1n) is 4.40. The maximum atomic E-state index is 3.38. The van der Waals surface area contributed by atoms with Crippen LogP contribution in [0.3, 0.4) is 0 Å². The van der Waals surface area contributed by atoms with Crippen LogP contribution >= 0.6 is 9.90 Å². The van der Waals surface area contributed by atoms with Crippen LogP contribution in [0, 0.1) is 0 Å². The summed E-state index contributed by atoms with van der Waals surface area (Å²) in [4.78, 5) is 3.38. The third-order valence-electron chi connectivity index (χ3n) is 2.41. The van der Waals surface area contributed by atoms with E-state index in [0.717, 1.165) is 0 Å². The Morgan fingerprint density at radius 1 is 0.667 bits per heavy atom. The lowest BCUT2D eigenvalue weighted by molar-refractivity contribution is 0.824. The largest absolute Gasteiger partial charge is 0.412 e. The molecule has 0 saturated carbocycles. The molecule has 0 bridgehead atoms. The normalized spacial score (nSPS) is 9.60. The van der Waals surface area contributed by atoms with Crippen LogP contribution in [-0.2, 0) is 0 Å². The van der Waals surface area contributed by atoms with Gasteiger partial charge in [0.1, 0.15) is 0 Å². The van der Waals surface area contributed by atoms with Crippen molar-refractivity contribution in [1.29, 1.82) is 0 Å². The predicted octanol–water partition coefficient (Wildman–Crippen LogP) is 2.55. The number of H-pyrrole nitrogens is 1. The van der Waals surface area contributed by atoms with Gasteiger partial charge in [-0.3, -0.25) is 0 Å². The minimum atomic E-state index is 0. The summed E-state index contributed by atoms with van der Waals surface area (Å²) in [7, 11) is 0. The lowest BCUT2D eigenvalue weighted by Crippen LogP contribution is -1.62. The fraction of sp³-hybridized carbons (Fsp3) is 0. The number of hydrogen-bond donors (Lipinski definition) is 1. The fourth-order valence-corrected chi connectivity index (χ4v) is 1.80. The molecule has 3 heteroatoms. The maximum absolute atomic E-state index is 3.38. The summed E-state index contributed by atoms with van der Waals surface area (Å²) in [6.45, 7) is 0. The number of rotatable bonds is 0. The minimum Gasteiger partial charge on any atom is -0.412 e. The summed E-state index contributed by atoms with van der Waals surface area (Å²) in [5.74, 6) is 0. The van der Waals surface area contributed by atoms with Gasteiger partial charge in [0.2, 0.25) is 0 Å². The molecule has 3 rings (SSSR count). The highest BCUT2D eigenvalue weighted by Gasteiger charge is 2.00. The van der Waals surface area contributed by atoms with E-state index in [0.29, 0.717) is 0 Å². The molecule has 1 aromatic heterocycles. The van der Waals surface area contributed by atoms with Crippen molar-refractivity contribution in [2.45, 2.75) is 0 Å². The molecule has 15 heavy (non-hydrogen) atoms. The molecule has 0 fully saturated rings. The van der Waals surface area contributed by atoms with E-state index < -0.39 is 0 Å². The van der Waals surface area contributed by atoms with Crippen LogP contribution in [0.5, 0.6) is 0 Å². The quantitative estimate of drug-likeness (QED) is 0.565. The van der Waals surface area contributed by atoms with Gasteiger partial charge in [-0.15, -0.1) is 0 Å². The molecule has 0 amide bonds. The molecule has 0 spiro atoms. The van der Waals surface area contributed by atoms with Crippen LogP contribution in [-0.4, -0.2) is 10.5 Å². The standard InChI is InChI=1S/C12H9N.H2O.H3P/c1-3-7-11-9(5-1)10-6-2-4-8-12(10)13-11;;/h1-8,13H;1H2;1H3. The molecule has 1 heterocycles. The number of aromatic amines is 1. The SMILES string of the molecule is O.P.c1ccc2c(c1)[nH]c1ccccc12. The molecule has 2 nitrogen and oxygen atoms in total. The van der Waals surface area contributed by atoms with Gasteiger partial charge in [0.05, 0.1) is 0 Å². The van der Waals surface area contributed by atoms with Gasteiger partial charge in [0.25, 0.3) is 0 Å². The number of nitrogens with one attached hydrogen (secondary N) is 1. The van der Waals surface area contributed by atoms with E-state index >= 15 is 0 Å². The number of aromatic nitrogens is 1. The van der Waals surface area contributed by atoms with Gasteiger partial charge < -0.3 is 10.5 Å². The van der Waals surface area contributed by atoms with Crippen molar-refractivity contribution in [1.82, 2.24) is 4.98 Å². The minimum absolute atomic E-state index is 0. The molecule has 3 N–H and O–H groups in total. The van der Waals surface area contributed by atoms with Gasteiger partial charge in [0.15, 0.2) is 0 Å². The second-order valence-corrected chi connectivity index (χ2v) is 3.22. The lowest BCUT2D eigenvalue weighted by Gasteiger charge is -1.87. The Balaban J connectivity index is 0.000000562. The molecule has 0 radical (unpaired) electrons. The average Bonchev–Trinajstić information content (AvgIpc) is 2.56. The Labute approximate surface area is 91.2 Å². The van der Waals surface area contributed by atoms with Gasteiger partial charge in [0, 0.05) is 21.8 Å². The van der Waals surface area contributed by atoms with Crippen molar-refractivity contribution >= 4 is 31.7 Å². The maximum Gasteiger partial charge on any atom is 0.0464 e. The van der Waals surface area contributed by atoms with E-state index in [-0.39, 0.29) is 15.4 Å². The summed E-state index contributed by atoms with van der Waals surface area (Å²) < 4.78 is 0. The Morgan fingerprint density at radius 2 is 1.07 bits per heavy atom. The Hall–Kier alpha value is -1.37. The molecule has 0 aliphatic carbocycles. The number of hydrogen-bond acceptors (Lipinski definition) is 0. The van der Waals surface area contributed by atoms with Gasteiger partial charge in [-0.05, 0) is 12.1 Å². The van der Waals surface area contributed by atoms with Crippen LogP contribution in [0.4, 0.5) is 0 Å². The van der Waals surface area contributed by atoms with E-state index in [4.69, 9.17) is 0 Å². The van der Waals surface area contributed by atoms with Crippen molar-refractivity contribution in [3.05, 3.63) is 48.5 Å². The first-order chi connectivity index (χ1) is 6.45. The zero-order valence-electron chi connectivity index (χ0n) is 8.33. The molecular weight excluding hydrogens is 205 g/mol. The van der Waals surface area contributed by atoms with E-state index in [1.54, 1.807) is 0 Å². The molecule has 1 atom stereocenters. The monoisotopic (exact) mass is 219 g/mol. The zero-order chi connectivity index (χ0) is 8.67. The van der Waals surface area contributed by atoms with Crippen molar-refractivity contribution in [2.24, 2.45) is 0 Å². The van der Waals surface area contributed by atoms with Crippen molar-refractivity contribution in [3.8, 4) is 0 Å². The Morgan fingerprint density at radius 3 is 1.53 bits per heavy atom. The molecule has 1 unspecified atom stereocenters. The number of para-hydroxylation sites is 2. The summed E-state index contributed by atoms with van der Waals surface area (Å²) >= 11 is 0. The van der Waals surface area contributed by atoms with Crippen LogP contribution in [0.2, 0.25) is 0 Å². The second kappa shape index (κ2) is 4.43. The van der Waals surface area contributed by atoms with Crippen LogP contribution < -0.4 is 0 Å². The van der Waals surface area contributed by atoms with Crippen molar-refractivity contribution in [2.75, 3.05) is 0 Å². The molecule has 78 valence electrons. The first kappa shape index (κ1) is 11.7. The molecule has 2 aromatic carbocycles. The Kier molecular flexibility index (Phi) is 3.46. The van der Waals surface area contributed by atoms with Crippen LogP contribution in [0.25, 0.3) is 21.8 Å². The second-order valence-electron chi connectivity index (χ2n) is 3.22. The first-order valence-corrected chi connectivity index (χ1v) is 4.40. The van der Waals surface area contributed by atoms with Gasteiger partial charge >= 0.3 is 0 Å². The zero-order valence-corrected chi connectivity index (χ0v) is 9.74. The van der Waals surface area contributed by atoms with Crippen molar-refractivity contribution in [3.63, 3.8) is 0 Å². The van der Waals surface area contributed by atoms with Gasteiger partial charge in [-0.25, -0.2) is 0 Å². The third kappa shape index (κ3) is 1.74. The Bertz CT molecular complexity index is 523. The average molecular weight is 219 g/mol. The lowest BCUT2D eigenvalue weighted by atomic mass is 10.2. The molecule has 3 aromatic rings. The highest BCUT2D eigenvalue weighted by atomic mass is 31.0.